The van der Waals surface area contributed by atoms with Gasteiger partial charge in [-0.1, -0.05) is 18.2 Å². The third kappa shape index (κ3) is 3.78. The van der Waals surface area contributed by atoms with E-state index >= 15 is 0 Å². The van der Waals surface area contributed by atoms with Crippen molar-refractivity contribution in [2.45, 2.75) is 19.4 Å². The molecule has 2 unspecified atom stereocenters. The summed E-state index contributed by atoms with van der Waals surface area (Å²) in [5.41, 5.74) is 1.54. The van der Waals surface area contributed by atoms with Crippen molar-refractivity contribution in [3.63, 3.8) is 0 Å². The molecular weight excluding hydrogens is 294 g/mol. The number of amides is 1. The number of carbonyl (C=O) groups excluding carboxylic acids is 1. The van der Waals surface area contributed by atoms with E-state index in [1.165, 1.54) is 0 Å². The largest absolute Gasteiger partial charge is 0.441 e. The summed E-state index contributed by atoms with van der Waals surface area (Å²) >= 11 is 0. The predicted molar refractivity (Wildman–Crippen MR) is 85.8 cm³/mol. The zero-order valence-corrected chi connectivity index (χ0v) is 13.1. The normalized spacial score (nSPS) is 20.6. The summed E-state index contributed by atoms with van der Waals surface area (Å²) in [5.74, 6) is 1.14. The second kappa shape index (κ2) is 6.93. The molecule has 23 heavy (non-hydrogen) atoms. The number of rotatable bonds is 5. The fourth-order valence-corrected chi connectivity index (χ4v) is 2.68. The van der Waals surface area contributed by atoms with Crippen molar-refractivity contribution in [1.82, 2.24) is 15.6 Å². The molecule has 2 heterocycles. The first kappa shape index (κ1) is 15.7. The third-order valence-corrected chi connectivity index (χ3v) is 4.11. The Hall–Kier alpha value is -2.18. The predicted octanol–water partition coefficient (Wildman–Crippen LogP) is 0.889. The maximum atomic E-state index is 12.1. The number of oxazole rings is 1. The lowest BCUT2D eigenvalue weighted by atomic mass is 10.1. The minimum absolute atomic E-state index is 0.0669. The SMILES string of the molecule is Cc1oc(-c2ccccc2)nc1CC(=O)NCC1CNCC1O. The summed E-state index contributed by atoms with van der Waals surface area (Å²) in [7, 11) is 0. The van der Waals surface area contributed by atoms with Crippen LogP contribution in [0.25, 0.3) is 11.5 Å². The first-order chi connectivity index (χ1) is 11.1. The highest BCUT2D eigenvalue weighted by molar-refractivity contribution is 5.78. The van der Waals surface area contributed by atoms with Crippen LogP contribution in [0.4, 0.5) is 0 Å². The van der Waals surface area contributed by atoms with Crippen molar-refractivity contribution < 1.29 is 14.3 Å². The van der Waals surface area contributed by atoms with Crippen LogP contribution in [0.2, 0.25) is 0 Å². The van der Waals surface area contributed by atoms with Crippen molar-refractivity contribution in [3.05, 3.63) is 41.8 Å². The van der Waals surface area contributed by atoms with E-state index in [1.807, 2.05) is 37.3 Å². The summed E-state index contributed by atoms with van der Waals surface area (Å²) in [4.78, 5) is 16.5. The topological polar surface area (TPSA) is 87.4 Å². The first-order valence-corrected chi connectivity index (χ1v) is 7.80. The highest BCUT2D eigenvalue weighted by Crippen LogP contribution is 2.21. The molecule has 0 aliphatic carbocycles. The molecule has 0 spiro atoms. The molecule has 0 radical (unpaired) electrons. The number of aromatic nitrogens is 1. The minimum Gasteiger partial charge on any atom is -0.441 e. The Kier molecular flexibility index (Phi) is 4.73. The summed E-state index contributed by atoms with van der Waals surface area (Å²) in [6, 6.07) is 9.61. The van der Waals surface area contributed by atoms with E-state index in [0.29, 0.717) is 30.4 Å². The van der Waals surface area contributed by atoms with Gasteiger partial charge in [0.15, 0.2) is 0 Å². The average Bonchev–Trinajstić information content (AvgIpc) is 3.12. The van der Waals surface area contributed by atoms with Crippen LogP contribution in [0.15, 0.2) is 34.7 Å². The molecule has 1 aliphatic rings. The highest BCUT2D eigenvalue weighted by Gasteiger charge is 2.25. The lowest BCUT2D eigenvalue weighted by Crippen LogP contribution is -2.35. The Labute approximate surface area is 134 Å². The Balaban J connectivity index is 1.59. The van der Waals surface area contributed by atoms with Crippen LogP contribution in [0, 0.1) is 12.8 Å². The molecule has 2 aromatic rings. The maximum absolute atomic E-state index is 12.1. The molecule has 3 rings (SSSR count). The molecule has 1 fully saturated rings. The van der Waals surface area contributed by atoms with E-state index in [-0.39, 0.29) is 18.2 Å². The van der Waals surface area contributed by atoms with Crippen molar-refractivity contribution in [2.75, 3.05) is 19.6 Å². The summed E-state index contributed by atoms with van der Waals surface area (Å²) in [6.45, 7) is 3.59. The number of β-amino-alcohol motifs (C(OH)–C–C–N with tert-alkyl or cyclic N) is 1. The number of nitrogens with one attached hydrogen (secondary N) is 2. The Morgan fingerprint density at radius 1 is 1.39 bits per heavy atom. The summed E-state index contributed by atoms with van der Waals surface area (Å²) < 4.78 is 5.66. The molecule has 1 aliphatic heterocycles. The van der Waals surface area contributed by atoms with E-state index in [0.717, 1.165) is 12.1 Å². The van der Waals surface area contributed by atoms with Crippen LogP contribution in [0.1, 0.15) is 11.5 Å². The second-order valence-electron chi connectivity index (χ2n) is 5.85. The number of aryl methyl sites for hydroxylation is 1. The molecular formula is C17H21N3O3. The Morgan fingerprint density at radius 2 is 2.17 bits per heavy atom. The molecule has 1 aromatic carbocycles. The number of carbonyl (C=O) groups is 1. The number of hydrogen-bond donors (Lipinski definition) is 3. The maximum Gasteiger partial charge on any atom is 0.226 e. The zero-order valence-electron chi connectivity index (χ0n) is 13.1. The van der Waals surface area contributed by atoms with Gasteiger partial charge in [-0.25, -0.2) is 4.98 Å². The fraction of sp³-hybridized carbons (Fsp3) is 0.412. The van der Waals surface area contributed by atoms with E-state index in [4.69, 9.17) is 4.42 Å². The monoisotopic (exact) mass is 315 g/mol. The lowest BCUT2D eigenvalue weighted by molar-refractivity contribution is -0.120. The molecule has 2 atom stereocenters. The van der Waals surface area contributed by atoms with Gasteiger partial charge in [0, 0.05) is 31.1 Å². The van der Waals surface area contributed by atoms with Gasteiger partial charge in [-0.3, -0.25) is 4.79 Å². The van der Waals surface area contributed by atoms with Crippen LogP contribution in [-0.2, 0) is 11.2 Å². The van der Waals surface area contributed by atoms with Crippen LogP contribution < -0.4 is 10.6 Å². The quantitative estimate of drug-likeness (QED) is 0.763. The van der Waals surface area contributed by atoms with Crippen molar-refractivity contribution in [2.24, 2.45) is 5.92 Å². The fourth-order valence-electron chi connectivity index (χ4n) is 2.68. The number of aliphatic hydroxyl groups is 1. The van der Waals surface area contributed by atoms with E-state index < -0.39 is 6.10 Å². The van der Waals surface area contributed by atoms with Crippen LogP contribution in [0.3, 0.4) is 0 Å². The van der Waals surface area contributed by atoms with Crippen molar-refractivity contribution in [3.8, 4) is 11.5 Å². The summed E-state index contributed by atoms with van der Waals surface area (Å²) in [6.07, 6.45) is -0.216. The van der Waals surface area contributed by atoms with Crippen LogP contribution in [-0.4, -0.2) is 41.7 Å². The molecule has 0 bridgehead atoms. The third-order valence-electron chi connectivity index (χ3n) is 4.11. The standard InChI is InChI=1S/C17H21N3O3/c1-11-14(20-17(23-11)12-5-3-2-4-6-12)7-16(22)19-9-13-8-18-10-15(13)21/h2-6,13,15,18,21H,7-10H2,1H3,(H,19,22). The first-order valence-electron chi connectivity index (χ1n) is 7.80. The average molecular weight is 315 g/mol. The summed E-state index contributed by atoms with van der Waals surface area (Å²) in [5, 5.41) is 15.7. The van der Waals surface area contributed by atoms with Gasteiger partial charge in [-0.05, 0) is 19.1 Å². The molecule has 3 N–H and O–H groups in total. The van der Waals surface area contributed by atoms with E-state index in [1.54, 1.807) is 0 Å². The number of benzene rings is 1. The smallest absolute Gasteiger partial charge is 0.226 e. The van der Waals surface area contributed by atoms with Gasteiger partial charge >= 0.3 is 0 Å². The molecule has 122 valence electrons. The second-order valence-corrected chi connectivity index (χ2v) is 5.85. The van der Waals surface area contributed by atoms with Gasteiger partial charge < -0.3 is 20.2 Å². The highest BCUT2D eigenvalue weighted by atomic mass is 16.4. The van der Waals surface area contributed by atoms with Crippen molar-refractivity contribution in [1.29, 1.82) is 0 Å². The molecule has 6 nitrogen and oxygen atoms in total. The van der Waals surface area contributed by atoms with Gasteiger partial charge in [0.25, 0.3) is 0 Å². The zero-order chi connectivity index (χ0) is 16.2. The van der Waals surface area contributed by atoms with E-state index in [9.17, 15) is 9.90 Å². The molecule has 0 saturated carbocycles. The van der Waals surface area contributed by atoms with Gasteiger partial charge in [-0.15, -0.1) is 0 Å². The minimum atomic E-state index is -0.395. The van der Waals surface area contributed by atoms with Gasteiger partial charge in [-0.2, -0.15) is 0 Å². The van der Waals surface area contributed by atoms with Crippen LogP contribution >= 0.6 is 0 Å². The van der Waals surface area contributed by atoms with Crippen molar-refractivity contribution >= 4 is 5.91 Å². The molecule has 1 aromatic heterocycles. The number of aliphatic hydroxyl groups excluding tert-OH is 1. The van der Waals surface area contributed by atoms with Gasteiger partial charge in [0.2, 0.25) is 11.8 Å². The van der Waals surface area contributed by atoms with Gasteiger partial charge in [0.1, 0.15) is 5.76 Å². The lowest BCUT2D eigenvalue weighted by Gasteiger charge is -2.13. The Bertz CT molecular complexity index is 669. The molecule has 6 heteroatoms. The number of hydrogen-bond acceptors (Lipinski definition) is 5. The number of nitrogens with zero attached hydrogens (tertiary/aromatic N) is 1. The molecule has 1 saturated heterocycles. The van der Waals surface area contributed by atoms with E-state index in [2.05, 4.69) is 15.6 Å². The van der Waals surface area contributed by atoms with Gasteiger partial charge in [0.05, 0.1) is 18.2 Å². The van der Waals surface area contributed by atoms with Crippen LogP contribution in [0.5, 0.6) is 0 Å². The Morgan fingerprint density at radius 3 is 2.87 bits per heavy atom. The molecule has 1 amide bonds.